The van der Waals surface area contributed by atoms with E-state index in [1.54, 1.807) is 0 Å². The van der Waals surface area contributed by atoms with E-state index in [0.717, 1.165) is 27.3 Å². The number of carbonyl (C=O) groups excluding carboxylic acids is 1. The Morgan fingerprint density at radius 2 is 2.15 bits per heavy atom. The molecule has 112 valence electrons. The normalized spacial score (nSPS) is 10.8. The van der Waals surface area contributed by atoms with Gasteiger partial charge in [-0.05, 0) is 19.0 Å². The fourth-order valence-corrected chi connectivity index (χ4v) is 2.99. The van der Waals surface area contributed by atoms with E-state index in [-0.39, 0.29) is 18.3 Å². The highest BCUT2D eigenvalue weighted by molar-refractivity contribution is 7.20. The van der Waals surface area contributed by atoms with E-state index in [4.69, 9.17) is 0 Å². The summed E-state index contributed by atoms with van der Waals surface area (Å²) in [5, 5.41) is 11.5. The Hall–Kier alpha value is -1.11. The van der Waals surface area contributed by atoms with E-state index in [2.05, 4.69) is 29.6 Å². The molecule has 1 amide bonds. The lowest BCUT2D eigenvalue weighted by Crippen LogP contribution is -2.29. The van der Waals surface area contributed by atoms with Crippen molar-refractivity contribution >= 4 is 39.9 Å². The zero-order valence-electron chi connectivity index (χ0n) is 12.2. The first kappa shape index (κ1) is 16.9. The number of aryl methyl sites for hydroxylation is 1. The lowest BCUT2D eigenvalue weighted by molar-refractivity contribution is 0.0958. The number of fused-ring (bicyclic) bond motifs is 1. The van der Waals surface area contributed by atoms with Crippen LogP contribution in [0.4, 0.5) is 0 Å². The average Bonchev–Trinajstić information content (AvgIpc) is 2.90. The third-order valence-corrected chi connectivity index (χ3v) is 4.17. The summed E-state index contributed by atoms with van der Waals surface area (Å²) < 4.78 is 1.86. The van der Waals surface area contributed by atoms with Crippen LogP contribution in [0, 0.1) is 0 Å². The van der Waals surface area contributed by atoms with E-state index in [1.165, 1.54) is 11.3 Å². The highest BCUT2D eigenvalue weighted by atomic mass is 35.5. The number of amides is 1. The molecule has 7 heteroatoms. The number of likely N-dealkylation sites (N-methyl/N-ethyl adjacent to an activating group) is 1. The molecule has 2 aromatic rings. The Kier molecular flexibility index (Phi) is 5.98. The van der Waals surface area contributed by atoms with Crippen LogP contribution in [0.15, 0.2) is 6.07 Å². The second-order valence-electron chi connectivity index (χ2n) is 4.85. The Balaban J connectivity index is 0.00000200. The summed E-state index contributed by atoms with van der Waals surface area (Å²) in [6.45, 7) is 5.65. The molecular weight excluding hydrogens is 296 g/mol. The van der Waals surface area contributed by atoms with Crippen LogP contribution in [0.5, 0.6) is 0 Å². The van der Waals surface area contributed by atoms with Crippen LogP contribution >= 0.6 is 23.7 Å². The van der Waals surface area contributed by atoms with Crippen molar-refractivity contribution in [2.24, 2.45) is 7.05 Å². The molecule has 5 nitrogen and oxygen atoms in total. The molecule has 0 bridgehead atoms. The van der Waals surface area contributed by atoms with Gasteiger partial charge in [0.2, 0.25) is 0 Å². The van der Waals surface area contributed by atoms with Crippen LogP contribution in [0.3, 0.4) is 0 Å². The molecule has 0 aromatic carbocycles. The summed E-state index contributed by atoms with van der Waals surface area (Å²) in [7, 11) is 3.79. The van der Waals surface area contributed by atoms with Crippen LogP contribution in [-0.2, 0) is 7.05 Å². The summed E-state index contributed by atoms with van der Waals surface area (Å²) >= 11 is 1.50. The second kappa shape index (κ2) is 7.06. The second-order valence-corrected chi connectivity index (χ2v) is 5.88. The summed E-state index contributed by atoms with van der Waals surface area (Å²) in [6, 6.07) is 1.96. The maximum absolute atomic E-state index is 12.0. The maximum Gasteiger partial charge on any atom is 0.261 e. The quantitative estimate of drug-likeness (QED) is 0.831. The van der Waals surface area contributed by atoms with E-state index < -0.39 is 0 Å². The molecule has 2 aromatic heterocycles. The van der Waals surface area contributed by atoms with Gasteiger partial charge < -0.3 is 10.6 Å². The number of carbonyl (C=O) groups is 1. The number of nitrogens with one attached hydrogen (secondary N) is 2. The van der Waals surface area contributed by atoms with Crippen molar-refractivity contribution in [2.75, 3.05) is 20.1 Å². The molecule has 2 N–H and O–H groups in total. The van der Waals surface area contributed by atoms with Gasteiger partial charge in [0.15, 0.2) is 0 Å². The van der Waals surface area contributed by atoms with Gasteiger partial charge in [-0.2, -0.15) is 5.10 Å². The van der Waals surface area contributed by atoms with E-state index in [1.807, 2.05) is 24.8 Å². The first-order chi connectivity index (χ1) is 9.04. The molecule has 0 radical (unpaired) electrons. The van der Waals surface area contributed by atoms with Crippen molar-refractivity contribution in [1.82, 2.24) is 20.4 Å². The molecule has 0 unspecified atom stereocenters. The third-order valence-electron chi connectivity index (χ3n) is 2.97. The molecule has 20 heavy (non-hydrogen) atoms. The van der Waals surface area contributed by atoms with Crippen molar-refractivity contribution in [2.45, 2.75) is 19.8 Å². The Morgan fingerprint density at radius 3 is 2.75 bits per heavy atom. The average molecular weight is 317 g/mol. The smallest absolute Gasteiger partial charge is 0.261 e. The van der Waals surface area contributed by atoms with Crippen LogP contribution < -0.4 is 10.6 Å². The SMILES string of the molecule is CNCCNC(=O)c1cc2c(C(C)C)nn(C)c2s1.Cl. The molecule has 2 heterocycles. The van der Waals surface area contributed by atoms with Crippen molar-refractivity contribution in [3.05, 3.63) is 16.6 Å². The molecule has 0 aliphatic rings. The minimum atomic E-state index is -0.00819. The van der Waals surface area contributed by atoms with Gasteiger partial charge in [-0.3, -0.25) is 9.48 Å². The topological polar surface area (TPSA) is 58.9 Å². The largest absolute Gasteiger partial charge is 0.350 e. The Bertz CT molecular complexity index is 590. The highest BCUT2D eigenvalue weighted by Crippen LogP contribution is 2.31. The van der Waals surface area contributed by atoms with Crippen LogP contribution in [-0.4, -0.2) is 35.8 Å². The maximum atomic E-state index is 12.0. The number of rotatable bonds is 5. The molecule has 0 spiro atoms. The number of aromatic nitrogens is 2. The van der Waals surface area contributed by atoms with E-state index >= 15 is 0 Å². The number of nitrogens with zero attached hydrogens (tertiary/aromatic N) is 2. The molecule has 0 fully saturated rings. The molecule has 0 aliphatic carbocycles. The standard InChI is InChI=1S/C13H20N4OS.ClH/c1-8(2)11-9-7-10(12(18)15-6-5-14-3)19-13(9)17(4)16-11;/h7-8,14H,5-6H2,1-4H3,(H,15,18);1H. The molecule has 0 saturated heterocycles. The van der Waals surface area contributed by atoms with Gasteiger partial charge in [-0.1, -0.05) is 13.8 Å². The fourth-order valence-electron chi connectivity index (χ4n) is 1.99. The summed E-state index contributed by atoms with van der Waals surface area (Å²) in [5.41, 5.74) is 1.06. The van der Waals surface area contributed by atoms with Gasteiger partial charge >= 0.3 is 0 Å². The molecule has 2 rings (SSSR count). The first-order valence-electron chi connectivity index (χ1n) is 6.43. The molecular formula is C13H21ClN4OS. The Labute approximate surface area is 129 Å². The summed E-state index contributed by atoms with van der Waals surface area (Å²) in [6.07, 6.45) is 0. The summed E-state index contributed by atoms with van der Waals surface area (Å²) in [4.78, 5) is 13.8. The monoisotopic (exact) mass is 316 g/mol. The van der Waals surface area contributed by atoms with Gasteiger partial charge in [0.25, 0.3) is 5.91 Å². The molecule has 0 atom stereocenters. The number of hydrogen-bond donors (Lipinski definition) is 2. The molecule has 0 saturated carbocycles. The minimum Gasteiger partial charge on any atom is -0.350 e. The summed E-state index contributed by atoms with van der Waals surface area (Å²) in [5.74, 6) is 0.352. The van der Waals surface area contributed by atoms with Gasteiger partial charge in [-0.25, -0.2) is 0 Å². The van der Waals surface area contributed by atoms with Crippen LogP contribution in [0.1, 0.15) is 35.1 Å². The van der Waals surface area contributed by atoms with Crippen molar-refractivity contribution in [3.8, 4) is 0 Å². The van der Waals surface area contributed by atoms with Crippen molar-refractivity contribution in [1.29, 1.82) is 0 Å². The first-order valence-corrected chi connectivity index (χ1v) is 7.25. The molecule has 0 aliphatic heterocycles. The predicted molar refractivity (Wildman–Crippen MR) is 86.2 cm³/mol. The van der Waals surface area contributed by atoms with E-state index in [0.29, 0.717) is 12.5 Å². The minimum absolute atomic E-state index is 0. The van der Waals surface area contributed by atoms with Crippen LogP contribution in [0.2, 0.25) is 0 Å². The fraction of sp³-hybridized carbons (Fsp3) is 0.538. The number of thiophene rings is 1. The van der Waals surface area contributed by atoms with Crippen LogP contribution in [0.25, 0.3) is 10.2 Å². The highest BCUT2D eigenvalue weighted by Gasteiger charge is 2.17. The Morgan fingerprint density at radius 1 is 1.45 bits per heavy atom. The zero-order chi connectivity index (χ0) is 14.0. The number of halogens is 1. The third kappa shape index (κ3) is 3.31. The predicted octanol–water partition coefficient (Wildman–Crippen LogP) is 2.13. The van der Waals surface area contributed by atoms with Gasteiger partial charge in [-0.15, -0.1) is 23.7 Å². The van der Waals surface area contributed by atoms with Crippen molar-refractivity contribution < 1.29 is 4.79 Å². The van der Waals surface area contributed by atoms with Gasteiger partial charge in [0.05, 0.1) is 10.6 Å². The lowest BCUT2D eigenvalue weighted by atomic mass is 10.1. The van der Waals surface area contributed by atoms with E-state index in [9.17, 15) is 4.79 Å². The zero-order valence-corrected chi connectivity index (χ0v) is 13.8. The van der Waals surface area contributed by atoms with Gasteiger partial charge in [0, 0.05) is 25.5 Å². The lowest BCUT2D eigenvalue weighted by Gasteiger charge is -2.02. The van der Waals surface area contributed by atoms with Gasteiger partial charge in [0.1, 0.15) is 4.83 Å². The number of hydrogen-bond acceptors (Lipinski definition) is 4. The van der Waals surface area contributed by atoms with Crippen molar-refractivity contribution in [3.63, 3.8) is 0 Å².